The molecule has 0 atom stereocenters. The zero-order valence-corrected chi connectivity index (χ0v) is 9.75. The molecular weight excluding hydrogens is 239 g/mol. The first kappa shape index (κ1) is 10.4. The molecule has 0 heterocycles. The van der Waals surface area contributed by atoms with Crippen LogP contribution in [0.3, 0.4) is 0 Å². The third-order valence-corrected chi connectivity index (χ3v) is 2.79. The zero-order chi connectivity index (χ0) is 12.8. The number of hydrogen-bond acceptors (Lipinski definition) is 4. The Labute approximate surface area is 101 Å². The van der Waals surface area contributed by atoms with Crippen molar-refractivity contribution in [2.75, 3.05) is 0 Å². The molecule has 0 saturated carbocycles. The normalized spacial score (nSPS) is 11.6. The predicted octanol–water partition coefficient (Wildman–Crippen LogP) is 3.24. The van der Waals surface area contributed by atoms with Crippen molar-refractivity contribution in [1.82, 2.24) is 0 Å². The van der Waals surface area contributed by atoms with Crippen molar-refractivity contribution in [2.45, 2.75) is 0 Å². The molecular formula is C12H11O4P. The van der Waals surface area contributed by atoms with Crippen LogP contribution in [0.1, 0.15) is 0 Å². The van der Waals surface area contributed by atoms with Crippen molar-refractivity contribution < 1.29 is 18.5 Å². The van der Waals surface area contributed by atoms with Crippen LogP contribution in [0.2, 0.25) is 0 Å². The molecule has 0 aliphatic heterocycles. The minimum atomic E-state index is -3.98. The molecule has 0 bridgehead atoms. The second-order valence-corrected chi connectivity index (χ2v) is 4.52. The van der Waals surface area contributed by atoms with Crippen LogP contribution in [0.5, 0.6) is 11.5 Å². The fraction of sp³-hybridized carbons (Fsp3) is 0. The van der Waals surface area contributed by atoms with Crippen molar-refractivity contribution >= 4 is 7.82 Å². The second kappa shape index (κ2) is 5.04. The summed E-state index contributed by atoms with van der Waals surface area (Å²) < 4.78 is 29.1. The Kier molecular flexibility index (Phi) is 3.08. The van der Waals surface area contributed by atoms with Gasteiger partial charge in [0.1, 0.15) is 11.5 Å². The minimum absolute atomic E-state index is 0.309. The van der Waals surface area contributed by atoms with E-state index >= 15 is 0 Å². The van der Waals surface area contributed by atoms with Gasteiger partial charge in [-0.05, 0) is 24.3 Å². The van der Waals surface area contributed by atoms with Crippen molar-refractivity contribution in [1.29, 1.82) is 1.43 Å². The second-order valence-electron chi connectivity index (χ2n) is 3.26. The molecule has 0 aliphatic rings. The van der Waals surface area contributed by atoms with Gasteiger partial charge in [-0.2, -0.15) is 0 Å². The molecule has 0 fully saturated rings. The van der Waals surface area contributed by atoms with Crippen LogP contribution >= 0.6 is 7.82 Å². The molecule has 4 nitrogen and oxygen atoms in total. The van der Waals surface area contributed by atoms with E-state index in [-0.39, 0.29) is 0 Å². The van der Waals surface area contributed by atoms with Crippen LogP contribution in [-0.4, -0.2) is 6.33 Å². The van der Waals surface area contributed by atoms with Gasteiger partial charge in [0.25, 0.3) is 0 Å². The van der Waals surface area contributed by atoms with Crippen molar-refractivity contribution in [3.05, 3.63) is 60.7 Å². The quantitative estimate of drug-likeness (QED) is 0.829. The standard InChI is InChI=1S/C12H11O4P/c13-17(14,15-11-7-3-1-4-8-11)16-12-9-5-2-6-10-12/h1-10H,(H,13,14)/i/hD. The van der Waals surface area contributed by atoms with Gasteiger partial charge in [-0.3, -0.25) is 4.90 Å². The Morgan fingerprint density at radius 1 is 0.882 bits per heavy atom. The monoisotopic (exact) mass is 251 g/mol. The summed E-state index contributed by atoms with van der Waals surface area (Å²) in [5.74, 6) is 0.619. The summed E-state index contributed by atoms with van der Waals surface area (Å²) in [6.45, 7) is 0. The highest BCUT2D eigenvalue weighted by Gasteiger charge is 2.24. The summed E-state index contributed by atoms with van der Waals surface area (Å²) in [7, 11) is -3.98. The van der Waals surface area contributed by atoms with Gasteiger partial charge in [-0.15, -0.1) is 0 Å². The van der Waals surface area contributed by atoms with E-state index in [9.17, 15) is 4.57 Å². The molecule has 0 amide bonds. The average Bonchev–Trinajstić information content (AvgIpc) is 2.41. The first-order valence-corrected chi connectivity index (χ1v) is 6.42. The lowest BCUT2D eigenvalue weighted by Crippen LogP contribution is -1.99. The smallest absolute Gasteiger partial charge is 0.395 e. The highest BCUT2D eigenvalue weighted by Crippen LogP contribution is 2.43. The van der Waals surface area contributed by atoms with Crippen molar-refractivity contribution in [3.63, 3.8) is 0 Å². The van der Waals surface area contributed by atoms with E-state index in [0.717, 1.165) is 0 Å². The van der Waals surface area contributed by atoms with Gasteiger partial charge >= 0.3 is 7.82 Å². The summed E-state index contributed by atoms with van der Waals surface area (Å²) in [5, 5.41) is 0. The predicted molar refractivity (Wildman–Crippen MR) is 64.0 cm³/mol. The third-order valence-electron chi connectivity index (χ3n) is 1.92. The van der Waals surface area contributed by atoms with Crippen LogP contribution < -0.4 is 9.05 Å². The first-order valence-electron chi connectivity index (χ1n) is 5.37. The van der Waals surface area contributed by atoms with Gasteiger partial charge in [-0.25, -0.2) is 4.57 Å². The minimum Gasteiger partial charge on any atom is -0.395 e. The van der Waals surface area contributed by atoms with Gasteiger partial charge in [0.2, 0.25) is 1.43 Å². The molecule has 0 aliphatic carbocycles. The SMILES string of the molecule is [2H]OP(=O)(Oc1ccccc1)Oc1ccccc1. The Bertz CT molecular complexity index is 487. The zero-order valence-electron chi connectivity index (χ0n) is 9.85. The molecule has 0 radical (unpaired) electrons. The lowest BCUT2D eigenvalue weighted by Gasteiger charge is -2.13. The van der Waals surface area contributed by atoms with Crippen LogP contribution in [0, 0.1) is 0 Å². The van der Waals surface area contributed by atoms with Crippen LogP contribution in [0.25, 0.3) is 0 Å². The average molecular weight is 251 g/mol. The summed E-state index contributed by atoms with van der Waals surface area (Å²) >= 11 is 0. The fourth-order valence-corrected chi connectivity index (χ4v) is 2.04. The molecule has 2 rings (SSSR count). The third kappa shape index (κ3) is 3.63. The van der Waals surface area contributed by atoms with E-state index in [1.165, 1.54) is 0 Å². The van der Waals surface area contributed by atoms with E-state index in [2.05, 4.69) is 4.90 Å². The van der Waals surface area contributed by atoms with Crippen molar-refractivity contribution in [2.24, 2.45) is 0 Å². The maximum Gasteiger partial charge on any atom is 0.584 e. The number of phosphoric ester groups is 1. The number of phosphoric acid groups is 1. The number of rotatable bonds is 5. The van der Waals surface area contributed by atoms with Gasteiger partial charge in [0.15, 0.2) is 0 Å². The molecule has 5 heteroatoms. The van der Waals surface area contributed by atoms with Gasteiger partial charge in [-0.1, -0.05) is 36.4 Å². The van der Waals surface area contributed by atoms with Gasteiger partial charge in [0, 0.05) is 0 Å². The molecule has 0 aromatic heterocycles. The largest absolute Gasteiger partial charge is 0.584 e. The molecule has 0 unspecified atom stereocenters. The van der Waals surface area contributed by atoms with Crippen LogP contribution in [0.15, 0.2) is 60.7 Å². The van der Waals surface area contributed by atoms with Gasteiger partial charge < -0.3 is 9.05 Å². The van der Waals surface area contributed by atoms with Crippen LogP contribution in [-0.2, 0) is 4.57 Å². The van der Waals surface area contributed by atoms with E-state index in [1.807, 2.05) is 0 Å². The molecule has 1 N–H and O–H groups in total. The highest BCUT2D eigenvalue weighted by atomic mass is 31.2. The van der Waals surface area contributed by atoms with E-state index in [0.29, 0.717) is 11.5 Å². The van der Waals surface area contributed by atoms with Crippen molar-refractivity contribution in [3.8, 4) is 11.5 Å². The summed E-state index contributed by atoms with van der Waals surface area (Å²) in [4.78, 5) is 4.11. The number of hydrogen-bond donors (Lipinski definition) is 1. The Morgan fingerprint density at radius 3 is 1.65 bits per heavy atom. The molecule has 2 aromatic carbocycles. The van der Waals surface area contributed by atoms with E-state index in [1.54, 1.807) is 60.7 Å². The topological polar surface area (TPSA) is 55.8 Å². The molecule has 0 spiro atoms. The lowest BCUT2D eigenvalue weighted by molar-refractivity contribution is 0.291. The Hall–Kier alpha value is -1.77. The number of para-hydroxylation sites is 2. The Balaban J connectivity index is 2.14. The number of benzene rings is 2. The first-order chi connectivity index (χ1) is 8.72. The molecule has 0 saturated heterocycles. The molecule has 88 valence electrons. The lowest BCUT2D eigenvalue weighted by atomic mass is 10.3. The maximum atomic E-state index is 12.1. The van der Waals surface area contributed by atoms with E-state index < -0.39 is 7.82 Å². The van der Waals surface area contributed by atoms with Crippen LogP contribution in [0.4, 0.5) is 0 Å². The summed E-state index contributed by atoms with van der Waals surface area (Å²) in [6.07, 6.45) is 0. The van der Waals surface area contributed by atoms with Gasteiger partial charge in [0.05, 0.1) is 0 Å². The summed E-state index contributed by atoms with van der Waals surface area (Å²) in [5.41, 5.74) is 0. The van der Waals surface area contributed by atoms with E-state index in [4.69, 9.17) is 10.5 Å². The maximum absolute atomic E-state index is 12.1. The molecule has 17 heavy (non-hydrogen) atoms. The highest BCUT2D eigenvalue weighted by molar-refractivity contribution is 7.48. The molecule has 2 aromatic rings. The fourth-order valence-electron chi connectivity index (χ4n) is 1.24. The Morgan fingerprint density at radius 2 is 1.29 bits per heavy atom. The summed E-state index contributed by atoms with van der Waals surface area (Å²) in [6, 6.07) is 16.8.